The van der Waals surface area contributed by atoms with Crippen LogP contribution in [0.25, 0.3) is 0 Å². The molecule has 8 heteroatoms. The Labute approximate surface area is 153 Å². The molecule has 3 rings (SSSR count). The number of non-ortho nitro benzene ring substituents is 1. The number of rotatable bonds is 5. The van der Waals surface area contributed by atoms with Gasteiger partial charge in [-0.3, -0.25) is 15.4 Å². The number of nitrogens with one attached hydrogen (secondary N) is 1. The van der Waals surface area contributed by atoms with Crippen LogP contribution in [0, 0.1) is 15.9 Å². The van der Waals surface area contributed by atoms with Crippen molar-refractivity contribution >= 4 is 17.5 Å². The van der Waals surface area contributed by atoms with Gasteiger partial charge in [-0.05, 0) is 42.5 Å². The minimum atomic E-state index is -0.855. The molecule has 0 saturated heterocycles. The highest BCUT2D eigenvalue weighted by atomic mass is 19.1. The molecule has 0 aliphatic rings. The molecule has 1 N–H and O–H groups in total. The van der Waals surface area contributed by atoms with Crippen molar-refractivity contribution in [3.8, 4) is 17.2 Å². The van der Waals surface area contributed by atoms with Crippen molar-refractivity contribution in [3.63, 3.8) is 0 Å². The van der Waals surface area contributed by atoms with Gasteiger partial charge in [-0.15, -0.1) is 0 Å². The summed E-state index contributed by atoms with van der Waals surface area (Å²) >= 11 is 0. The summed E-state index contributed by atoms with van der Waals surface area (Å²) in [6.45, 7) is 0. The molecule has 0 spiro atoms. The third-order valence-electron chi connectivity index (χ3n) is 3.41. The molecule has 0 radical (unpaired) electrons. The van der Waals surface area contributed by atoms with Gasteiger partial charge in [0.25, 0.3) is 5.69 Å². The maximum atomic E-state index is 13.8. The van der Waals surface area contributed by atoms with Gasteiger partial charge in [0.1, 0.15) is 11.5 Å². The van der Waals surface area contributed by atoms with Gasteiger partial charge in [0.2, 0.25) is 0 Å². The molecule has 0 fully saturated rings. The summed E-state index contributed by atoms with van der Waals surface area (Å²) in [5.41, 5.74) is 0.226. The van der Waals surface area contributed by atoms with E-state index in [9.17, 15) is 19.3 Å². The number of halogens is 1. The zero-order valence-corrected chi connectivity index (χ0v) is 13.8. The molecule has 0 saturated carbocycles. The molecule has 0 aliphatic heterocycles. The van der Waals surface area contributed by atoms with Gasteiger partial charge in [-0.25, -0.2) is 9.18 Å². The second kappa shape index (κ2) is 7.96. The van der Waals surface area contributed by atoms with E-state index >= 15 is 0 Å². The minimum absolute atomic E-state index is 0.156. The molecule has 0 bridgehead atoms. The molecular formula is C19H13FN2O5. The van der Waals surface area contributed by atoms with Gasteiger partial charge in [0.15, 0.2) is 11.6 Å². The highest BCUT2D eigenvalue weighted by Gasteiger charge is 2.12. The predicted molar refractivity (Wildman–Crippen MR) is 95.7 cm³/mol. The molecule has 3 aromatic carbocycles. The largest absolute Gasteiger partial charge is 0.454 e. The molecule has 3 aromatic rings. The number of carbonyl (C=O) groups is 1. The zero-order valence-electron chi connectivity index (χ0n) is 13.8. The summed E-state index contributed by atoms with van der Waals surface area (Å²) in [6, 6.07) is 17.8. The molecule has 0 aromatic heterocycles. The Morgan fingerprint density at radius 2 is 1.63 bits per heavy atom. The minimum Gasteiger partial charge on any atom is -0.454 e. The Balaban J connectivity index is 1.62. The number of hydrogen-bond donors (Lipinski definition) is 1. The molecule has 27 heavy (non-hydrogen) atoms. The van der Waals surface area contributed by atoms with Gasteiger partial charge < -0.3 is 9.47 Å². The van der Waals surface area contributed by atoms with E-state index in [1.165, 1.54) is 30.3 Å². The molecule has 0 atom stereocenters. The second-order valence-electron chi connectivity index (χ2n) is 5.33. The van der Waals surface area contributed by atoms with Crippen molar-refractivity contribution in [1.82, 2.24) is 0 Å². The van der Waals surface area contributed by atoms with E-state index in [0.717, 1.165) is 12.1 Å². The summed E-state index contributed by atoms with van der Waals surface area (Å²) in [4.78, 5) is 21.7. The highest BCUT2D eigenvalue weighted by Crippen LogP contribution is 2.28. The Hall–Kier alpha value is -3.94. The van der Waals surface area contributed by atoms with E-state index in [4.69, 9.17) is 9.47 Å². The van der Waals surface area contributed by atoms with Crippen LogP contribution in [-0.2, 0) is 0 Å². The Morgan fingerprint density at radius 3 is 2.26 bits per heavy atom. The number of anilines is 1. The van der Waals surface area contributed by atoms with E-state index in [1.54, 1.807) is 24.3 Å². The highest BCUT2D eigenvalue weighted by molar-refractivity contribution is 5.86. The topological polar surface area (TPSA) is 90.7 Å². The van der Waals surface area contributed by atoms with Crippen molar-refractivity contribution < 1.29 is 23.6 Å². The number of carbonyl (C=O) groups excluding carboxylic acids is 1. The van der Waals surface area contributed by atoms with Crippen LogP contribution >= 0.6 is 0 Å². The summed E-state index contributed by atoms with van der Waals surface area (Å²) in [5, 5.41) is 13.2. The molecule has 0 aliphatic carbocycles. The summed E-state index contributed by atoms with van der Waals surface area (Å²) in [7, 11) is 0. The second-order valence-corrected chi connectivity index (χ2v) is 5.33. The van der Waals surface area contributed by atoms with Crippen LogP contribution in [0.1, 0.15) is 0 Å². The van der Waals surface area contributed by atoms with Crippen LogP contribution in [0.15, 0.2) is 72.8 Å². The molecule has 1 amide bonds. The first kappa shape index (κ1) is 17.9. The fourth-order valence-electron chi connectivity index (χ4n) is 2.16. The monoisotopic (exact) mass is 368 g/mol. The number of amides is 1. The van der Waals surface area contributed by atoms with Crippen molar-refractivity contribution in [3.05, 3.63) is 88.7 Å². The standard InChI is InChI=1S/C19H13FN2O5/c20-17-12-14(22(24)25)6-11-18(17)26-15-7-9-16(10-8-15)27-19(23)21-13-4-2-1-3-5-13/h1-12H,(H,21,23). The number of nitro benzene ring substituents is 1. The average Bonchev–Trinajstić information content (AvgIpc) is 2.65. The van der Waals surface area contributed by atoms with Crippen LogP contribution in [0.4, 0.5) is 20.6 Å². The smallest absolute Gasteiger partial charge is 0.417 e. The average molecular weight is 368 g/mol. The lowest BCUT2D eigenvalue weighted by Crippen LogP contribution is -2.16. The number of nitro groups is 1. The molecule has 0 heterocycles. The first-order chi connectivity index (χ1) is 13.0. The van der Waals surface area contributed by atoms with Crippen LogP contribution in [-0.4, -0.2) is 11.0 Å². The van der Waals surface area contributed by atoms with Crippen molar-refractivity contribution in [2.24, 2.45) is 0 Å². The lowest BCUT2D eigenvalue weighted by molar-refractivity contribution is -0.385. The van der Waals surface area contributed by atoms with E-state index in [2.05, 4.69) is 5.32 Å². The zero-order chi connectivity index (χ0) is 19.2. The van der Waals surface area contributed by atoms with Crippen LogP contribution in [0.2, 0.25) is 0 Å². The van der Waals surface area contributed by atoms with Crippen molar-refractivity contribution in [2.75, 3.05) is 5.32 Å². The number of nitrogens with zero attached hydrogens (tertiary/aromatic N) is 1. The molecule has 7 nitrogen and oxygen atoms in total. The maximum absolute atomic E-state index is 13.8. The van der Waals surface area contributed by atoms with Crippen LogP contribution < -0.4 is 14.8 Å². The number of ether oxygens (including phenoxy) is 2. The van der Waals surface area contributed by atoms with Gasteiger partial charge in [-0.2, -0.15) is 0 Å². The lowest BCUT2D eigenvalue weighted by atomic mass is 10.3. The molecular weight excluding hydrogens is 355 g/mol. The lowest BCUT2D eigenvalue weighted by Gasteiger charge is -2.09. The van der Waals surface area contributed by atoms with Gasteiger partial charge in [0.05, 0.1) is 11.0 Å². The number of benzene rings is 3. The Morgan fingerprint density at radius 1 is 0.963 bits per heavy atom. The van der Waals surface area contributed by atoms with E-state index in [0.29, 0.717) is 5.69 Å². The Bertz CT molecular complexity index is 962. The van der Waals surface area contributed by atoms with Crippen LogP contribution in [0.3, 0.4) is 0 Å². The normalized spacial score (nSPS) is 10.1. The van der Waals surface area contributed by atoms with Gasteiger partial charge >= 0.3 is 6.09 Å². The first-order valence-electron chi connectivity index (χ1n) is 7.77. The summed E-state index contributed by atoms with van der Waals surface area (Å²) in [6.07, 6.45) is -0.656. The number of para-hydroxylation sites is 1. The summed E-state index contributed by atoms with van der Waals surface area (Å²) in [5.74, 6) is -0.471. The summed E-state index contributed by atoms with van der Waals surface area (Å²) < 4.78 is 24.3. The predicted octanol–water partition coefficient (Wildman–Crippen LogP) is 5.14. The SMILES string of the molecule is O=C(Nc1ccccc1)Oc1ccc(Oc2ccc([N+](=O)[O-])cc2F)cc1. The van der Waals surface area contributed by atoms with Crippen molar-refractivity contribution in [2.45, 2.75) is 0 Å². The fraction of sp³-hybridized carbons (Fsp3) is 0. The quantitative estimate of drug-likeness (QED) is 0.497. The van der Waals surface area contributed by atoms with E-state index < -0.39 is 16.8 Å². The third-order valence-corrected chi connectivity index (χ3v) is 3.41. The number of hydrogen-bond acceptors (Lipinski definition) is 5. The van der Waals surface area contributed by atoms with Crippen LogP contribution in [0.5, 0.6) is 17.2 Å². The molecule has 136 valence electrons. The van der Waals surface area contributed by atoms with E-state index in [-0.39, 0.29) is 22.9 Å². The van der Waals surface area contributed by atoms with E-state index in [1.807, 2.05) is 6.07 Å². The van der Waals surface area contributed by atoms with Gasteiger partial charge in [0, 0.05) is 11.8 Å². The first-order valence-corrected chi connectivity index (χ1v) is 7.77. The third kappa shape index (κ3) is 4.79. The fourth-order valence-corrected chi connectivity index (χ4v) is 2.16. The molecule has 0 unspecified atom stereocenters. The van der Waals surface area contributed by atoms with Gasteiger partial charge in [-0.1, -0.05) is 18.2 Å². The maximum Gasteiger partial charge on any atom is 0.417 e. The Kier molecular flexibility index (Phi) is 5.27. The van der Waals surface area contributed by atoms with Crippen molar-refractivity contribution in [1.29, 1.82) is 0 Å².